The van der Waals surface area contributed by atoms with Crippen molar-refractivity contribution in [2.24, 2.45) is 5.92 Å². The van der Waals surface area contributed by atoms with Crippen molar-refractivity contribution in [1.82, 2.24) is 0 Å². The van der Waals surface area contributed by atoms with Crippen molar-refractivity contribution in [3.05, 3.63) is 0 Å². The van der Waals surface area contributed by atoms with E-state index in [1.165, 1.54) is 14.2 Å². The normalized spacial score (nSPS) is 11.9. The number of ether oxygens (including phenoxy) is 3. The number of hydrogen-bond donors (Lipinski definition) is 0. The first kappa shape index (κ1) is 21.4. The molecule has 0 aromatic heterocycles. The van der Waals surface area contributed by atoms with E-state index in [1.807, 2.05) is 0 Å². The third-order valence-corrected chi connectivity index (χ3v) is 3.65. The van der Waals surface area contributed by atoms with Gasteiger partial charge in [-0.2, -0.15) is 0 Å². The van der Waals surface area contributed by atoms with Gasteiger partial charge in [-0.3, -0.25) is 14.4 Å². The Balaban J connectivity index is 4.60. The predicted molar refractivity (Wildman–Crippen MR) is 85.7 cm³/mol. The van der Waals surface area contributed by atoms with E-state index in [1.54, 1.807) is 0 Å². The van der Waals surface area contributed by atoms with Crippen LogP contribution in [0, 0.1) is 5.92 Å². The Hall–Kier alpha value is -1.59. The van der Waals surface area contributed by atoms with E-state index >= 15 is 0 Å². The summed E-state index contributed by atoms with van der Waals surface area (Å²) in [5.74, 6) is -2.49. The summed E-state index contributed by atoms with van der Waals surface area (Å²) in [5, 5.41) is 0. The van der Waals surface area contributed by atoms with Crippen LogP contribution in [0.1, 0.15) is 65.2 Å². The molecule has 1 atom stereocenters. The SMILES string of the molecule is CCCCC(CCCC)OC(=O)CC(CC(=O)OC)C(=O)OC. The van der Waals surface area contributed by atoms with Crippen molar-refractivity contribution in [2.75, 3.05) is 14.2 Å². The molecule has 0 radical (unpaired) electrons. The molecule has 6 nitrogen and oxygen atoms in total. The van der Waals surface area contributed by atoms with E-state index in [0.717, 1.165) is 38.5 Å². The number of rotatable bonds is 12. The molecule has 0 bridgehead atoms. The van der Waals surface area contributed by atoms with Gasteiger partial charge in [-0.05, 0) is 12.8 Å². The first-order valence-corrected chi connectivity index (χ1v) is 8.32. The molecular weight excluding hydrogens is 300 g/mol. The Labute approximate surface area is 138 Å². The van der Waals surface area contributed by atoms with Crippen LogP contribution in [0.3, 0.4) is 0 Å². The maximum absolute atomic E-state index is 12.1. The summed E-state index contributed by atoms with van der Waals surface area (Å²) in [4.78, 5) is 35.1. The third kappa shape index (κ3) is 9.92. The Bertz CT molecular complexity index is 358. The van der Waals surface area contributed by atoms with Crippen molar-refractivity contribution in [3.8, 4) is 0 Å². The fraction of sp³-hybridized carbons (Fsp3) is 0.824. The number of carbonyl (C=O) groups is 3. The molecule has 0 amide bonds. The molecule has 0 fully saturated rings. The lowest BCUT2D eigenvalue weighted by molar-refractivity contribution is -0.159. The van der Waals surface area contributed by atoms with Gasteiger partial charge in [-0.25, -0.2) is 0 Å². The second-order valence-electron chi connectivity index (χ2n) is 5.60. The Morgan fingerprint density at radius 3 is 1.78 bits per heavy atom. The van der Waals surface area contributed by atoms with Crippen LogP contribution in [0.25, 0.3) is 0 Å². The molecule has 0 saturated carbocycles. The van der Waals surface area contributed by atoms with Crippen molar-refractivity contribution in [3.63, 3.8) is 0 Å². The molecule has 0 heterocycles. The van der Waals surface area contributed by atoms with Crippen LogP contribution in [0.2, 0.25) is 0 Å². The second kappa shape index (κ2) is 12.9. The quantitative estimate of drug-likeness (QED) is 0.404. The largest absolute Gasteiger partial charge is 0.469 e. The van der Waals surface area contributed by atoms with E-state index < -0.39 is 23.8 Å². The Kier molecular flexibility index (Phi) is 12.0. The van der Waals surface area contributed by atoms with E-state index in [-0.39, 0.29) is 18.9 Å². The van der Waals surface area contributed by atoms with Crippen LogP contribution >= 0.6 is 0 Å². The second-order valence-corrected chi connectivity index (χ2v) is 5.60. The minimum absolute atomic E-state index is 0.126. The van der Waals surface area contributed by atoms with Crippen LogP contribution in [0.4, 0.5) is 0 Å². The summed E-state index contributed by atoms with van der Waals surface area (Å²) in [5.41, 5.74) is 0. The van der Waals surface area contributed by atoms with Crippen LogP contribution in [0.15, 0.2) is 0 Å². The van der Waals surface area contributed by atoms with Crippen LogP contribution in [-0.2, 0) is 28.6 Å². The highest BCUT2D eigenvalue weighted by molar-refractivity contribution is 5.84. The number of unbranched alkanes of at least 4 members (excludes halogenated alkanes) is 2. The van der Waals surface area contributed by atoms with Crippen LogP contribution in [0.5, 0.6) is 0 Å². The number of hydrogen-bond acceptors (Lipinski definition) is 6. The minimum atomic E-state index is -0.863. The molecule has 0 saturated heterocycles. The highest BCUT2D eigenvalue weighted by Crippen LogP contribution is 2.17. The fourth-order valence-corrected chi connectivity index (χ4v) is 2.25. The number of methoxy groups -OCH3 is 2. The van der Waals surface area contributed by atoms with E-state index in [4.69, 9.17) is 4.74 Å². The smallest absolute Gasteiger partial charge is 0.309 e. The van der Waals surface area contributed by atoms with Gasteiger partial charge in [0.1, 0.15) is 6.10 Å². The zero-order valence-corrected chi connectivity index (χ0v) is 14.8. The van der Waals surface area contributed by atoms with Crippen molar-refractivity contribution in [1.29, 1.82) is 0 Å². The van der Waals surface area contributed by atoms with Crippen molar-refractivity contribution >= 4 is 17.9 Å². The number of carbonyl (C=O) groups excluding carboxylic acids is 3. The number of esters is 3. The van der Waals surface area contributed by atoms with E-state index in [9.17, 15) is 14.4 Å². The van der Waals surface area contributed by atoms with Crippen LogP contribution in [-0.4, -0.2) is 38.2 Å². The fourth-order valence-electron chi connectivity index (χ4n) is 2.25. The molecule has 0 rings (SSSR count). The van der Waals surface area contributed by atoms with E-state index in [2.05, 4.69) is 23.3 Å². The third-order valence-electron chi connectivity index (χ3n) is 3.65. The lowest BCUT2D eigenvalue weighted by Crippen LogP contribution is -2.26. The van der Waals surface area contributed by atoms with Gasteiger partial charge in [0.25, 0.3) is 0 Å². The van der Waals surface area contributed by atoms with E-state index in [0.29, 0.717) is 0 Å². The van der Waals surface area contributed by atoms with Gasteiger partial charge < -0.3 is 14.2 Å². The summed E-state index contributed by atoms with van der Waals surface area (Å²) in [6.45, 7) is 4.17. The highest BCUT2D eigenvalue weighted by Gasteiger charge is 2.27. The Morgan fingerprint density at radius 1 is 0.826 bits per heavy atom. The molecular formula is C17H30O6. The Morgan fingerprint density at radius 2 is 1.35 bits per heavy atom. The van der Waals surface area contributed by atoms with Gasteiger partial charge >= 0.3 is 17.9 Å². The molecule has 0 aromatic rings. The lowest BCUT2D eigenvalue weighted by atomic mass is 10.0. The maximum atomic E-state index is 12.1. The molecule has 23 heavy (non-hydrogen) atoms. The standard InChI is InChI=1S/C17H30O6/c1-5-7-9-14(10-8-6-2)23-16(19)12-13(17(20)22-4)11-15(18)21-3/h13-14H,5-12H2,1-4H3. The first-order chi connectivity index (χ1) is 11.0. The summed E-state index contributed by atoms with van der Waals surface area (Å²) >= 11 is 0. The molecule has 134 valence electrons. The monoisotopic (exact) mass is 330 g/mol. The molecule has 0 N–H and O–H groups in total. The first-order valence-electron chi connectivity index (χ1n) is 8.32. The molecule has 6 heteroatoms. The molecule has 0 aromatic carbocycles. The minimum Gasteiger partial charge on any atom is -0.469 e. The lowest BCUT2D eigenvalue weighted by Gasteiger charge is -2.19. The van der Waals surface area contributed by atoms with Gasteiger partial charge in [-0.15, -0.1) is 0 Å². The average Bonchev–Trinajstić information content (AvgIpc) is 2.55. The summed E-state index contributed by atoms with van der Waals surface area (Å²) < 4.78 is 14.7. The predicted octanol–water partition coefficient (Wildman–Crippen LogP) is 3.02. The summed E-state index contributed by atoms with van der Waals surface area (Å²) in [6.07, 6.45) is 5.21. The topological polar surface area (TPSA) is 78.9 Å². The zero-order valence-electron chi connectivity index (χ0n) is 14.8. The highest BCUT2D eigenvalue weighted by atomic mass is 16.5. The maximum Gasteiger partial charge on any atom is 0.309 e. The van der Waals surface area contributed by atoms with Crippen LogP contribution < -0.4 is 0 Å². The zero-order chi connectivity index (χ0) is 17.7. The van der Waals surface area contributed by atoms with Crippen molar-refractivity contribution in [2.45, 2.75) is 71.3 Å². The summed E-state index contributed by atoms with van der Waals surface area (Å²) in [7, 11) is 2.46. The molecule has 0 spiro atoms. The molecule has 1 unspecified atom stereocenters. The molecule has 0 aliphatic carbocycles. The average molecular weight is 330 g/mol. The molecule has 0 aliphatic heterocycles. The molecule has 0 aliphatic rings. The van der Waals surface area contributed by atoms with Gasteiger partial charge in [0.15, 0.2) is 0 Å². The van der Waals surface area contributed by atoms with Gasteiger partial charge in [-0.1, -0.05) is 39.5 Å². The van der Waals surface area contributed by atoms with Gasteiger partial charge in [0.05, 0.1) is 33.0 Å². The van der Waals surface area contributed by atoms with Gasteiger partial charge in [0.2, 0.25) is 0 Å². The van der Waals surface area contributed by atoms with Crippen molar-refractivity contribution < 1.29 is 28.6 Å². The summed E-state index contributed by atoms with van der Waals surface area (Å²) in [6, 6.07) is 0. The van der Waals surface area contributed by atoms with Gasteiger partial charge in [0, 0.05) is 0 Å².